The van der Waals surface area contributed by atoms with Crippen LogP contribution < -0.4 is 5.32 Å². The van der Waals surface area contributed by atoms with E-state index in [0.717, 1.165) is 47.5 Å². The second-order valence-electron chi connectivity index (χ2n) is 9.85. The number of aromatic nitrogens is 2. The number of pyridine rings is 1. The molecule has 1 N–H and O–H groups in total. The molecule has 2 atom stereocenters. The second-order valence-corrected chi connectivity index (χ2v) is 12.1. The van der Waals surface area contributed by atoms with E-state index in [2.05, 4.69) is 49.3 Å². The summed E-state index contributed by atoms with van der Waals surface area (Å²) in [6.45, 7) is 7.62. The number of rotatable bonds is 9. The average molecular weight is 504 g/mol. The maximum atomic E-state index is 13.0. The number of hydrogen-bond acceptors (Lipinski definition) is 6. The lowest BCUT2D eigenvalue weighted by Gasteiger charge is -2.20. The zero-order valence-corrected chi connectivity index (χ0v) is 22.4. The smallest absolute Gasteiger partial charge is 0.138 e. The monoisotopic (exact) mass is 503 g/mol. The molecule has 4 heterocycles. The van der Waals surface area contributed by atoms with E-state index >= 15 is 0 Å². The van der Waals surface area contributed by atoms with Gasteiger partial charge >= 0.3 is 0 Å². The van der Waals surface area contributed by atoms with Crippen LogP contribution in [0.3, 0.4) is 0 Å². The molecule has 0 saturated heterocycles. The maximum absolute atomic E-state index is 13.0. The molecule has 182 valence electrons. The molecule has 0 radical (unpaired) electrons. The van der Waals surface area contributed by atoms with Crippen LogP contribution in [-0.4, -0.2) is 21.8 Å². The summed E-state index contributed by atoms with van der Waals surface area (Å²) in [5, 5.41) is 4.65. The number of hydrogen-bond donors (Lipinski definition) is 1. The minimum atomic E-state index is 0.357. The number of ketones is 1. The number of benzene rings is 1. The van der Waals surface area contributed by atoms with Crippen molar-refractivity contribution in [3.63, 3.8) is 0 Å². The summed E-state index contributed by atoms with van der Waals surface area (Å²) in [6.07, 6.45) is 9.15. The van der Waals surface area contributed by atoms with Crippen LogP contribution in [0.5, 0.6) is 0 Å². The number of fused-ring (bicyclic) bond motifs is 2. The zero-order chi connectivity index (χ0) is 24.4. The van der Waals surface area contributed by atoms with Gasteiger partial charge in [0.25, 0.3) is 0 Å². The highest BCUT2D eigenvalue weighted by Crippen LogP contribution is 2.43. The molecule has 4 nitrogen and oxygen atoms in total. The van der Waals surface area contributed by atoms with Crippen molar-refractivity contribution in [1.29, 1.82) is 0 Å². The maximum Gasteiger partial charge on any atom is 0.138 e. The fourth-order valence-electron chi connectivity index (χ4n) is 4.82. The highest BCUT2D eigenvalue weighted by Gasteiger charge is 2.27. The number of nitrogens with one attached hydrogen (secondary N) is 1. The molecule has 1 aliphatic heterocycles. The van der Waals surface area contributed by atoms with Crippen LogP contribution in [0, 0.1) is 5.92 Å². The lowest BCUT2D eigenvalue weighted by Crippen LogP contribution is -2.32. The van der Waals surface area contributed by atoms with Crippen LogP contribution in [-0.2, 0) is 24.2 Å². The summed E-state index contributed by atoms with van der Waals surface area (Å²) in [5.74, 6) is 1.05. The molecule has 4 aromatic rings. The van der Waals surface area contributed by atoms with E-state index in [9.17, 15) is 4.79 Å². The first-order valence-corrected chi connectivity index (χ1v) is 14.3. The third-order valence-corrected chi connectivity index (χ3v) is 9.39. The number of nitrogens with zero attached hydrogens (tertiary/aromatic N) is 2. The molecule has 5 rings (SSSR count). The van der Waals surface area contributed by atoms with E-state index in [1.165, 1.54) is 32.0 Å². The second kappa shape index (κ2) is 10.7. The van der Waals surface area contributed by atoms with Crippen molar-refractivity contribution in [3.8, 4) is 21.7 Å². The predicted molar refractivity (Wildman–Crippen MR) is 148 cm³/mol. The highest BCUT2D eigenvalue weighted by molar-refractivity contribution is 7.22. The van der Waals surface area contributed by atoms with Gasteiger partial charge in [-0.15, -0.1) is 22.7 Å². The van der Waals surface area contributed by atoms with Gasteiger partial charge in [-0.1, -0.05) is 32.8 Å². The van der Waals surface area contributed by atoms with Crippen molar-refractivity contribution in [2.45, 2.75) is 71.9 Å². The van der Waals surface area contributed by atoms with Crippen molar-refractivity contribution >= 4 is 38.7 Å². The van der Waals surface area contributed by atoms with E-state index in [0.29, 0.717) is 30.6 Å². The van der Waals surface area contributed by atoms with Gasteiger partial charge in [0.05, 0.1) is 10.2 Å². The Labute approximate surface area is 215 Å². The molecule has 0 amide bonds. The van der Waals surface area contributed by atoms with Gasteiger partial charge in [0.1, 0.15) is 10.8 Å². The summed E-state index contributed by atoms with van der Waals surface area (Å²) in [6, 6.07) is 11.0. The van der Waals surface area contributed by atoms with Crippen LogP contribution in [0.4, 0.5) is 0 Å². The molecule has 1 aromatic carbocycles. The van der Waals surface area contributed by atoms with Crippen LogP contribution in [0.1, 0.15) is 61.8 Å². The molecule has 0 spiro atoms. The lowest BCUT2D eigenvalue weighted by molar-refractivity contribution is -0.118. The van der Waals surface area contributed by atoms with Crippen LogP contribution in [0.25, 0.3) is 31.9 Å². The largest absolute Gasteiger partial charge is 0.309 e. The van der Waals surface area contributed by atoms with E-state index in [1.54, 1.807) is 11.3 Å². The first-order valence-electron chi connectivity index (χ1n) is 12.7. The fraction of sp³-hybridized carbons (Fsp3) is 0.414. The summed E-state index contributed by atoms with van der Waals surface area (Å²) in [4.78, 5) is 24.8. The molecular formula is C29H33N3OS2. The Hall–Kier alpha value is -2.41. The molecular weight excluding hydrogens is 470 g/mol. The molecule has 0 saturated carbocycles. The van der Waals surface area contributed by atoms with Crippen molar-refractivity contribution in [1.82, 2.24) is 15.3 Å². The van der Waals surface area contributed by atoms with E-state index < -0.39 is 0 Å². The number of carbonyl (C=O) groups excluding carboxylic acids is 1. The topological polar surface area (TPSA) is 54.9 Å². The predicted octanol–water partition coefficient (Wildman–Crippen LogP) is 7.45. The van der Waals surface area contributed by atoms with Gasteiger partial charge in [0, 0.05) is 53.1 Å². The quantitative estimate of drug-likeness (QED) is 0.258. The van der Waals surface area contributed by atoms with Crippen LogP contribution in [0.15, 0.2) is 42.7 Å². The molecule has 0 unspecified atom stereocenters. The van der Waals surface area contributed by atoms with Crippen LogP contribution in [0.2, 0.25) is 0 Å². The van der Waals surface area contributed by atoms with E-state index in [1.807, 2.05) is 35.9 Å². The number of Topliss-reactive ketones (excluding diaryl/α,β-unsaturated/α-hetero) is 1. The summed E-state index contributed by atoms with van der Waals surface area (Å²) in [5.41, 5.74) is 5.95. The Morgan fingerprint density at radius 3 is 2.80 bits per heavy atom. The van der Waals surface area contributed by atoms with Crippen molar-refractivity contribution in [3.05, 3.63) is 58.0 Å². The minimum absolute atomic E-state index is 0.357. The molecule has 35 heavy (non-hydrogen) atoms. The lowest BCUT2D eigenvalue weighted by atomic mass is 9.96. The normalized spacial score (nSPS) is 16.4. The molecule has 3 aromatic heterocycles. The zero-order valence-electron chi connectivity index (χ0n) is 20.8. The van der Waals surface area contributed by atoms with E-state index in [-0.39, 0.29) is 0 Å². The van der Waals surface area contributed by atoms with Gasteiger partial charge in [0.15, 0.2) is 0 Å². The molecule has 0 fully saturated rings. The van der Waals surface area contributed by atoms with E-state index in [4.69, 9.17) is 4.98 Å². The van der Waals surface area contributed by atoms with Crippen LogP contribution >= 0.6 is 22.7 Å². The standard InChI is InChI=1S/C29H33N3OS2/c1-4-18(2)6-5-7-22(33)16-26-28(23-14-19(3)31-17-27(23)34-26)29-32-24-15-21(8-9-25(24)35-29)20-10-12-30-13-11-20/h8-13,15,18-19,31H,4-7,14,16-17H2,1-3H3/t18-,19+/m0/s1. The van der Waals surface area contributed by atoms with Crippen molar-refractivity contribution in [2.24, 2.45) is 5.92 Å². The number of thiazole rings is 1. The Bertz CT molecular complexity index is 1320. The number of thiophene rings is 1. The summed E-state index contributed by atoms with van der Waals surface area (Å²) in [7, 11) is 0. The third-order valence-electron chi connectivity index (χ3n) is 7.11. The Balaban J connectivity index is 1.47. The van der Waals surface area contributed by atoms with Gasteiger partial charge in [-0.2, -0.15) is 0 Å². The molecule has 0 aliphatic carbocycles. The Morgan fingerprint density at radius 2 is 2.00 bits per heavy atom. The highest BCUT2D eigenvalue weighted by atomic mass is 32.1. The SMILES string of the molecule is CC[C@H](C)CCCC(=O)Cc1sc2c(c1-c1nc3cc(-c4ccncc4)ccc3s1)C[C@@H](C)NC2. The molecule has 1 aliphatic rings. The molecule has 6 heteroatoms. The Morgan fingerprint density at radius 1 is 1.17 bits per heavy atom. The third kappa shape index (κ3) is 5.40. The summed E-state index contributed by atoms with van der Waals surface area (Å²) >= 11 is 3.57. The van der Waals surface area contributed by atoms with Gasteiger partial charge < -0.3 is 5.32 Å². The van der Waals surface area contributed by atoms with Gasteiger partial charge in [-0.05, 0) is 66.6 Å². The first-order chi connectivity index (χ1) is 17.0. The van der Waals surface area contributed by atoms with Crippen molar-refractivity contribution < 1.29 is 4.79 Å². The average Bonchev–Trinajstić information content (AvgIpc) is 3.44. The van der Waals surface area contributed by atoms with Crippen molar-refractivity contribution in [2.75, 3.05) is 0 Å². The number of carbonyl (C=O) groups is 1. The fourth-order valence-corrected chi connectivity index (χ4v) is 7.25. The Kier molecular flexibility index (Phi) is 7.42. The minimum Gasteiger partial charge on any atom is -0.309 e. The van der Waals surface area contributed by atoms with Gasteiger partial charge in [-0.25, -0.2) is 4.98 Å². The van der Waals surface area contributed by atoms with Gasteiger partial charge in [0.2, 0.25) is 0 Å². The molecule has 0 bridgehead atoms. The first kappa shape index (κ1) is 24.3. The van der Waals surface area contributed by atoms with Gasteiger partial charge in [-0.3, -0.25) is 9.78 Å². The summed E-state index contributed by atoms with van der Waals surface area (Å²) < 4.78 is 1.19.